The van der Waals surface area contributed by atoms with E-state index in [0.29, 0.717) is 24.5 Å². The standard InChI is InChI=1S/C14H24N4O2S/c1-11-7-8-14(12(2)16-11)17-21(19,20)18-9-5-4-6-13(18)10-15-3/h7-8,13,15,17H,4-6,9-10H2,1-3H3. The fraction of sp³-hybridized carbons (Fsp3) is 0.643. The number of nitrogens with zero attached hydrogens (tertiary/aromatic N) is 2. The number of aromatic nitrogens is 1. The molecule has 7 heteroatoms. The first-order valence-corrected chi connectivity index (χ1v) is 8.76. The molecule has 0 radical (unpaired) electrons. The number of hydrogen-bond acceptors (Lipinski definition) is 4. The quantitative estimate of drug-likeness (QED) is 0.862. The smallest absolute Gasteiger partial charge is 0.301 e. The summed E-state index contributed by atoms with van der Waals surface area (Å²) in [7, 11) is -1.69. The molecule has 2 heterocycles. The molecule has 1 unspecified atom stereocenters. The number of rotatable bonds is 5. The molecular weight excluding hydrogens is 288 g/mol. The molecule has 2 N–H and O–H groups in total. The molecule has 0 bridgehead atoms. The van der Waals surface area contributed by atoms with E-state index in [2.05, 4.69) is 15.0 Å². The van der Waals surface area contributed by atoms with E-state index in [1.165, 1.54) is 0 Å². The average molecular weight is 312 g/mol. The van der Waals surface area contributed by atoms with Gasteiger partial charge in [-0.2, -0.15) is 12.7 Å². The third-order valence-electron chi connectivity index (χ3n) is 3.79. The Morgan fingerprint density at radius 2 is 2.10 bits per heavy atom. The summed E-state index contributed by atoms with van der Waals surface area (Å²) < 4.78 is 29.5. The molecule has 1 aromatic rings. The van der Waals surface area contributed by atoms with Crippen molar-refractivity contribution in [3.05, 3.63) is 23.5 Å². The number of nitrogens with one attached hydrogen (secondary N) is 2. The minimum absolute atomic E-state index is 0.0139. The Kier molecular flexibility index (Phi) is 5.18. The lowest BCUT2D eigenvalue weighted by Gasteiger charge is -2.34. The third kappa shape index (κ3) is 3.93. The maximum atomic E-state index is 12.6. The van der Waals surface area contributed by atoms with E-state index in [1.807, 2.05) is 27.0 Å². The second-order valence-electron chi connectivity index (χ2n) is 5.51. The van der Waals surface area contributed by atoms with Crippen molar-refractivity contribution in [1.29, 1.82) is 0 Å². The van der Waals surface area contributed by atoms with Crippen LogP contribution in [0.4, 0.5) is 5.69 Å². The zero-order valence-electron chi connectivity index (χ0n) is 12.9. The molecule has 0 aromatic carbocycles. The molecule has 21 heavy (non-hydrogen) atoms. The maximum absolute atomic E-state index is 12.6. The molecule has 0 aliphatic carbocycles. The molecule has 1 atom stereocenters. The highest BCUT2D eigenvalue weighted by molar-refractivity contribution is 7.90. The van der Waals surface area contributed by atoms with Gasteiger partial charge in [0.25, 0.3) is 0 Å². The molecule has 1 aromatic heterocycles. The Morgan fingerprint density at radius 3 is 2.76 bits per heavy atom. The van der Waals surface area contributed by atoms with E-state index >= 15 is 0 Å². The number of pyridine rings is 1. The van der Waals surface area contributed by atoms with Crippen molar-refractivity contribution in [3.63, 3.8) is 0 Å². The van der Waals surface area contributed by atoms with E-state index in [1.54, 1.807) is 10.4 Å². The van der Waals surface area contributed by atoms with Crippen LogP contribution in [0.3, 0.4) is 0 Å². The summed E-state index contributed by atoms with van der Waals surface area (Å²) in [5.41, 5.74) is 2.12. The van der Waals surface area contributed by atoms with Crippen LogP contribution in [-0.4, -0.2) is 43.9 Å². The van der Waals surface area contributed by atoms with Crippen LogP contribution in [0.25, 0.3) is 0 Å². The Balaban J connectivity index is 2.20. The van der Waals surface area contributed by atoms with Crippen molar-refractivity contribution < 1.29 is 8.42 Å². The van der Waals surface area contributed by atoms with E-state index in [4.69, 9.17) is 0 Å². The molecule has 2 rings (SSSR count). The first kappa shape index (κ1) is 16.2. The van der Waals surface area contributed by atoms with Gasteiger partial charge < -0.3 is 5.32 Å². The van der Waals surface area contributed by atoms with Gasteiger partial charge in [0, 0.05) is 24.8 Å². The molecule has 0 amide bonds. The predicted octanol–water partition coefficient (Wildman–Crippen LogP) is 1.43. The highest BCUT2D eigenvalue weighted by atomic mass is 32.2. The summed E-state index contributed by atoms with van der Waals surface area (Å²) in [6.07, 6.45) is 2.88. The SMILES string of the molecule is CNCC1CCCCN1S(=O)(=O)Nc1ccc(C)nc1C. The van der Waals surface area contributed by atoms with Crippen molar-refractivity contribution in [2.24, 2.45) is 0 Å². The molecular formula is C14H24N4O2S. The topological polar surface area (TPSA) is 74.3 Å². The van der Waals surface area contributed by atoms with Gasteiger partial charge in [0.1, 0.15) is 0 Å². The van der Waals surface area contributed by atoms with Crippen LogP contribution in [0.2, 0.25) is 0 Å². The minimum atomic E-state index is -3.54. The van der Waals surface area contributed by atoms with Crippen LogP contribution in [0.1, 0.15) is 30.7 Å². The minimum Gasteiger partial charge on any atom is -0.318 e. The van der Waals surface area contributed by atoms with Crippen molar-refractivity contribution in [2.45, 2.75) is 39.2 Å². The van der Waals surface area contributed by atoms with Crippen LogP contribution in [0, 0.1) is 13.8 Å². The summed E-state index contributed by atoms with van der Waals surface area (Å²) in [4.78, 5) is 4.30. The van der Waals surface area contributed by atoms with Gasteiger partial charge in [-0.3, -0.25) is 9.71 Å². The maximum Gasteiger partial charge on any atom is 0.301 e. The van der Waals surface area contributed by atoms with E-state index < -0.39 is 10.2 Å². The second-order valence-corrected chi connectivity index (χ2v) is 7.13. The number of aryl methyl sites for hydroxylation is 2. The molecule has 118 valence electrons. The number of piperidine rings is 1. The molecule has 0 spiro atoms. The lowest BCUT2D eigenvalue weighted by Crippen LogP contribution is -2.50. The molecule has 6 nitrogen and oxygen atoms in total. The predicted molar refractivity (Wildman–Crippen MR) is 84.5 cm³/mol. The highest BCUT2D eigenvalue weighted by Gasteiger charge is 2.32. The summed E-state index contributed by atoms with van der Waals surface area (Å²) in [5.74, 6) is 0. The van der Waals surface area contributed by atoms with Crippen LogP contribution in [-0.2, 0) is 10.2 Å². The Labute approximate surface area is 127 Å². The van der Waals surface area contributed by atoms with Crippen molar-refractivity contribution in [1.82, 2.24) is 14.6 Å². The summed E-state index contributed by atoms with van der Waals surface area (Å²) in [5, 5.41) is 3.08. The van der Waals surface area contributed by atoms with E-state index in [-0.39, 0.29) is 6.04 Å². The fourth-order valence-electron chi connectivity index (χ4n) is 2.72. The lowest BCUT2D eigenvalue weighted by molar-refractivity contribution is 0.250. The zero-order valence-corrected chi connectivity index (χ0v) is 13.7. The molecule has 0 saturated carbocycles. The lowest BCUT2D eigenvalue weighted by atomic mass is 10.1. The third-order valence-corrected chi connectivity index (χ3v) is 5.36. The van der Waals surface area contributed by atoms with E-state index in [0.717, 1.165) is 25.0 Å². The van der Waals surface area contributed by atoms with Gasteiger partial charge in [-0.1, -0.05) is 6.42 Å². The van der Waals surface area contributed by atoms with E-state index in [9.17, 15) is 8.42 Å². The van der Waals surface area contributed by atoms with Gasteiger partial charge in [0.15, 0.2) is 0 Å². The first-order chi connectivity index (χ1) is 9.94. The second kappa shape index (κ2) is 6.72. The largest absolute Gasteiger partial charge is 0.318 e. The van der Waals surface area contributed by atoms with Gasteiger partial charge in [-0.25, -0.2) is 0 Å². The highest BCUT2D eigenvalue weighted by Crippen LogP contribution is 2.22. The zero-order chi connectivity index (χ0) is 15.5. The van der Waals surface area contributed by atoms with Crippen molar-refractivity contribution >= 4 is 15.9 Å². The molecule has 1 aliphatic heterocycles. The normalized spacial score (nSPS) is 20.4. The summed E-state index contributed by atoms with van der Waals surface area (Å²) in [6, 6.07) is 3.60. The fourth-order valence-corrected chi connectivity index (χ4v) is 4.27. The van der Waals surface area contributed by atoms with Crippen LogP contribution in [0.15, 0.2) is 12.1 Å². The van der Waals surface area contributed by atoms with Crippen molar-refractivity contribution in [3.8, 4) is 0 Å². The van der Waals surface area contributed by atoms with Gasteiger partial charge in [0.2, 0.25) is 0 Å². The van der Waals surface area contributed by atoms with Crippen LogP contribution >= 0.6 is 0 Å². The Morgan fingerprint density at radius 1 is 1.33 bits per heavy atom. The van der Waals surface area contributed by atoms with Gasteiger partial charge in [0.05, 0.1) is 11.4 Å². The van der Waals surface area contributed by atoms with Crippen molar-refractivity contribution in [2.75, 3.05) is 24.9 Å². The van der Waals surface area contributed by atoms with Crippen LogP contribution in [0.5, 0.6) is 0 Å². The summed E-state index contributed by atoms with van der Waals surface area (Å²) in [6.45, 7) is 4.94. The monoisotopic (exact) mass is 312 g/mol. The number of likely N-dealkylation sites (N-methyl/N-ethyl adjacent to an activating group) is 1. The van der Waals surface area contributed by atoms with Gasteiger partial charge >= 0.3 is 10.2 Å². The molecule has 1 aliphatic rings. The van der Waals surface area contributed by atoms with Gasteiger partial charge in [-0.05, 0) is 45.9 Å². The van der Waals surface area contributed by atoms with Gasteiger partial charge in [-0.15, -0.1) is 0 Å². The Hall–Kier alpha value is -1.18. The number of anilines is 1. The molecule has 1 saturated heterocycles. The first-order valence-electron chi connectivity index (χ1n) is 7.32. The number of hydrogen-bond donors (Lipinski definition) is 2. The summed E-state index contributed by atoms with van der Waals surface area (Å²) >= 11 is 0. The Bertz CT molecular complexity index is 587. The molecule has 1 fully saturated rings. The van der Waals surface area contributed by atoms with Crippen LogP contribution < -0.4 is 10.0 Å². The average Bonchev–Trinajstić information content (AvgIpc) is 2.43.